The normalized spacial score (nSPS) is 21.0. The molecule has 1 atom stereocenters. The molecule has 1 aliphatic carbocycles. The summed E-state index contributed by atoms with van der Waals surface area (Å²) >= 11 is 0. The number of aromatic nitrogens is 2. The molecule has 1 fully saturated rings. The molecule has 4 nitrogen and oxygen atoms in total. The van der Waals surface area contributed by atoms with Gasteiger partial charge in [0.15, 0.2) is 0 Å². The fourth-order valence-electron chi connectivity index (χ4n) is 4.28. The molecular weight excluding hydrogens is 298 g/mol. The third-order valence-electron chi connectivity index (χ3n) is 5.59. The van der Waals surface area contributed by atoms with E-state index in [0.717, 1.165) is 45.2 Å². The summed E-state index contributed by atoms with van der Waals surface area (Å²) < 4.78 is 2.11. The Morgan fingerprint density at radius 3 is 2.67 bits per heavy atom. The van der Waals surface area contributed by atoms with Crippen molar-refractivity contribution in [2.24, 2.45) is 5.92 Å². The maximum absolute atomic E-state index is 13.1. The quantitative estimate of drug-likeness (QED) is 0.867. The number of piperidine rings is 1. The molecule has 1 amide bonds. The zero-order valence-electron chi connectivity index (χ0n) is 14.1. The zero-order chi connectivity index (χ0) is 16.4. The first kappa shape index (κ1) is 15.4. The molecule has 24 heavy (non-hydrogen) atoms. The molecule has 0 saturated carbocycles. The highest BCUT2D eigenvalue weighted by Gasteiger charge is 2.34. The fraction of sp³-hybridized carbons (Fsp3) is 0.500. The Kier molecular flexibility index (Phi) is 4.37. The van der Waals surface area contributed by atoms with E-state index in [1.807, 2.05) is 18.7 Å². The van der Waals surface area contributed by atoms with Crippen LogP contribution >= 0.6 is 0 Å². The second kappa shape index (κ2) is 6.80. The first-order valence-electron chi connectivity index (χ1n) is 9.14. The molecule has 0 N–H and O–H groups in total. The largest absolute Gasteiger partial charge is 0.339 e. The van der Waals surface area contributed by atoms with E-state index in [1.54, 1.807) is 0 Å². The molecule has 2 aliphatic rings. The highest BCUT2D eigenvalue weighted by atomic mass is 16.2. The van der Waals surface area contributed by atoms with Gasteiger partial charge in [-0.25, -0.2) is 4.98 Å². The summed E-state index contributed by atoms with van der Waals surface area (Å²) in [7, 11) is 0. The van der Waals surface area contributed by atoms with Gasteiger partial charge in [0.05, 0.1) is 6.33 Å². The molecule has 1 aromatic heterocycles. The van der Waals surface area contributed by atoms with Crippen LogP contribution in [-0.2, 0) is 24.2 Å². The van der Waals surface area contributed by atoms with Crippen LogP contribution in [0.3, 0.4) is 0 Å². The average Bonchev–Trinajstić information content (AvgIpc) is 3.29. The number of nitrogens with zero attached hydrogens (tertiary/aromatic N) is 3. The van der Waals surface area contributed by atoms with E-state index in [-0.39, 0.29) is 5.92 Å². The summed E-state index contributed by atoms with van der Waals surface area (Å²) in [6.45, 7) is 1.87. The van der Waals surface area contributed by atoms with Crippen LogP contribution in [0, 0.1) is 5.92 Å². The van der Waals surface area contributed by atoms with Crippen LogP contribution < -0.4 is 0 Å². The molecule has 4 heteroatoms. The molecule has 4 rings (SSSR count). The van der Waals surface area contributed by atoms with E-state index in [1.165, 1.54) is 17.5 Å². The number of imidazole rings is 1. The van der Waals surface area contributed by atoms with Crippen molar-refractivity contribution in [1.29, 1.82) is 0 Å². The highest BCUT2D eigenvalue weighted by molar-refractivity contribution is 5.81. The summed E-state index contributed by atoms with van der Waals surface area (Å²) in [5.41, 5.74) is 2.73. The molecule has 2 heterocycles. The second-order valence-corrected chi connectivity index (χ2v) is 7.14. The average molecular weight is 323 g/mol. The van der Waals surface area contributed by atoms with Crippen molar-refractivity contribution in [2.45, 2.75) is 51.1 Å². The maximum Gasteiger partial charge on any atom is 0.226 e. The number of likely N-dealkylation sites (tertiary alicyclic amines) is 1. The molecule has 0 spiro atoms. The van der Waals surface area contributed by atoms with Gasteiger partial charge in [-0.15, -0.1) is 0 Å². The minimum Gasteiger partial charge on any atom is -0.339 e. The van der Waals surface area contributed by atoms with E-state index in [9.17, 15) is 4.79 Å². The smallest absolute Gasteiger partial charge is 0.226 e. The Balaban J connectivity index is 1.42. The lowest BCUT2D eigenvalue weighted by atomic mass is 9.95. The van der Waals surface area contributed by atoms with Crippen molar-refractivity contribution in [2.75, 3.05) is 6.54 Å². The van der Waals surface area contributed by atoms with Gasteiger partial charge in [0.1, 0.15) is 0 Å². The topological polar surface area (TPSA) is 38.1 Å². The molecule has 1 aromatic carbocycles. The first-order chi connectivity index (χ1) is 11.8. The number of carbonyl (C=O) groups excluding carboxylic acids is 1. The number of fused-ring (bicyclic) bond motifs is 1. The Morgan fingerprint density at radius 1 is 1.17 bits per heavy atom. The van der Waals surface area contributed by atoms with Gasteiger partial charge in [-0.2, -0.15) is 0 Å². The number of rotatable bonds is 4. The monoisotopic (exact) mass is 323 g/mol. The van der Waals surface area contributed by atoms with Gasteiger partial charge in [-0.1, -0.05) is 24.3 Å². The minimum absolute atomic E-state index is 0.149. The third-order valence-corrected chi connectivity index (χ3v) is 5.59. The van der Waals surface area contributed by atoms with Crippen LogP contribution in [-0.4, -0.2) is 32.9 Å². The Labute approximate surface area is 143 Å². The van der Waals surface area contributed by atoms with Crippen LogP contribution in [0.25, 0.3) is 0 Å². The number of hydrogen-bond donors (Lipinski definition) is 0. The summed E-state index contributed by atoms with van der Waals surface area (Å²) in [6.07, 6.45) is 12.1. The van der Waals surface area contributed by atoms with Gasteiger partial charge < -0.3 is 9.47 Å². The standard InChI is InChI=1S/C20H25N3O/c24-20(18-13-16-5-1-2-6-17(16)14-18)23-10-4-3-7-19(23)8-11-22-12-9-21-15-22/h1-2,5-6,9,12,15,18-19H,3-4,7-8,10-11,13-14H2/t19-/m1/s1. The van der Waals surface area contributed by atoms with Crippen molar-refractivity contribution in [3.05, 3.63) is 54.1 Å². The van der Waals surface area contributed by atoms with Crippen molar-refractivity contribution in [1.82, 2.24) is 14.5 Å². The van der Waals surface area contributed by atoms with Crippen LogP contribution in [0.4, 0.5) is 0 Å². The Hall–Kier alpha value is -2.10. The molecule has 0 unspecified atom stereocenters. The van der Waals surface area contributed by atoms with Gasteiger partial charge >= 0.3 is 0 Å². The number of hydrogen-bond acceptors (Lipinski definition) is 2. The van der Waals surface area contributed by atoms with Crippen LogP contribution in [0.2, 0.25) is 0 Å². The molecule has 0 bridgehead atoms. The molecule has 1 aliphatic heterocycles. The van der Waals surface area contributed by atoms with Gasteiger partial charge in [0.25, 0.3) is 0 Å². The summed E-state index contributed by atoms with van der Waals surface area (Å²) in [6, 6.07) is 8.91. The predicted octanol–water partition coefficient (Wildman–Crippen LogP) is 3.07. The lowest BCUT2D eigenvalue weighted by Gasteiger charge is -2.37. The second-order valence-electron chi connectivity index (χ2n) is 7.14. The third kappa shape index (κ3) is 3.10. The van der Waals surface area contributed by atoms with Crippen molar-refractivity contribution >= 4 is 5.91 Å². The summed E-state index contributed by atoms with van der Waals surface area (Å²) in [5, 5.41) is 0. The van der Waals surface area contributed by atoms with Crippen molar-refractivity contribution < 1.29 is 4.79 Å². The Morgan fingerprint density at radius 2 is 1.96 bits per heavy atom. The Bertz CT molecular complexity index is 670. The molecule has 1 saturated heterocycles. The van der Waals surface area contributed by atoms with E-state index in [2.05, 4.69) is 38.7 Å². The summed E-state index contributed by atoms with van der Waals surface area (Å²) in [5.74, 6) is 0.526. The molecule has 126 valence electrons. The van der Waals surface area contributed by atoms with E-state index in [4.69, 9.17) is 0 Å². The molecule has 0 radical (unpaired) electrons. The maximum atomic E-state index is 13.1. The van der Waals surface area contributed by atoms with Crippen molar-refractivity contribution in [3.8, 4) is 0 Å². The molecular formula is C20H25N3O. The van der Waals surface area contributed by atoms with Crippen LogP contribution in [0.5, 0.6) is 0 Å². The fourth-order valence-corrected chi connectivity index (χ4v) is 4.28. The van der Waals surface area contributed by atoms with Gasteiger partial charge in [-0.05, 0) is 49.7 Å². The van der Waals surface area contributed by atoms with Crippen molar-refractivity contribution in [3.63, 3.8) is 0 Å². The van der Waals surface area contributed by atoms with Gasteiger partial charge in [0.2, 0.25) is 5.91 Å². The van der Waals surface area contributed by atoms with E-state index < -0.39 is 0 Å². The van der Waals surface area contributed by atoms with Gasteiger partial charge in [0, 0.05) is 37.4 Å². The number of amides is 1. The van der Waals surface area contributed by atoms with Crippen LogP contribution in [0.1, 0.15) is 36.8 Å². The first-order valence-corrected chi connectivity index (χ1v) is 9.14. The summed E-state index contributed by atoms with van der Waals surface area (Å²) in [4.78, 5) is 19.4. The highest BCUT2D eigenvalue weighted by Crippen LogP contribution is 2.30. The van der Waals surface area contributed by atoms with Gasteiger partial charge in [-0.3, -0.25) is 4.79 Å². The number of benzene rings is 1. The number of carbonyl (C=O) groups is 1. The lowest BCUT2D eigenvalue weighted by Crippen LogP contribution is -2.47. The lowest BCUT2D eigenvalue weighted by molar-refractivity contribution is -0.139. The van der Waals surface area contributed by atoms with Crippen LogP contribution in [0.15, 0.2) is 43.0 Å². The number of aryl methyl sites for hydroxylation is 1. The minimum atomic E-state index is 0.149. The predicted molar refractivity (Wildman–Crippen MR) is 93.5 cm³/mol. The molecule has 2 aromatic rings. The van der Waals surface area contributed by atoms with E-state index >= 15 is 0 Å². The SMILES string of the molecule is O=C(C1Cc2ccccc2C1)N1CCCC[C@@H]1CCn1ccnc1. The van der Waals surface area contributed by atoms with E-state index in [0.29, 0.717) is 11.9 Å². The zero-order valence-corrected chi connectivity index (χ0v) is 14.1.